The fourth-order valence-corrected chi connectivity index (χ4v) is 2.15. The molecule has 0 aromatic heterocycles. The minimum absolute atomic E-state index is 0.0808. The maximum absolute atomic E-state index is 14.1. The number of carbonyl (C=O) groups excluding carboxylic acids is 2. The molecule has 1 amide bonds. The molecule has 0 aliphatic rings. The van der Waals surface area contributed by atoms with Gasteiger partial charge in [-0.15, -0.1) is 0 Å². The Morgan fingerprint density at radius 1 is 1.23 bits per heavy atom. The van der Waals surface area contributed by atoms with Gasteiger partial charge >= 0.3 is 6.09 Å². The van der Waals surface area contributed by atoms with Gasteiger partial charge in [-0.25, -0.2) is 9.18 Å². The number of primary amides is 1. The van der Waals surface area contributed by atoms with E-state index in [4.69, 9.17) is 15.2 Å². The molecule has 0 bridgehead atoms. The van der Waals surface area contributed by atoms with Crippen molar-refractivity contribution >= 4 is 28.3 Å². The van der Waals surface area contributed by atoms with Gasteiger partial charge in [0.25, 0.3) is 0 Å². The van der Waals surface area contributed by atoms with E-state index < -0.39 is 11.9 Å². The summed E-state index contributed by atoms with van der Waals surface area (Å²) in [6, 6.07) is 9.39. The van der Waals surface area contributed by atoms with Crippen LogP contribution in [-0.4, -0.2) is 12.4 Å². The minimum Gasteiger partial charge on any atom is -0.485 e. The van der Waals surface area contributed by atoms with Crippen LogP contribution >= 0.6 is 15.9 Å². The highest BCUT2D eigenvalue weighted by molar-refractivity contribution is 9.10. The molecule has 114 valence electrons. The average Bonchev–Trinajstić information content (AvgIpc) is 2.48. The number of para-hydroxylation sites is 2. The topological polar surface area (TPSA) is 78.6 Å². The van der Waals surface area contributed by atoms with Crippen molar-refractivity contribution in [2.45, 2.75) is 6.61 Å². The van der Waals surface area contributed by atoms with E-state index in [0.717, 1.165) is 0 Å². The maximum Gasteiger partial charge on any atom is 0.410 e. The van der Waals surface area contributed by atoms with Gasteiger partial charge in [-0.1, -0.05) is 18.2 Å². The summed E-state index contributed by atoms with van der Waals surface area (Å²) >= 11 is 3.09. The summed E-state index contributed by atoms with van der Waals surface area (Å²) in [5.74, 6) is -0.308. The highest BCUT2D eigenvalue weighted by atomic mass is 79.9. The molecule has 2 aromatic carbocycles. The Hall–Kier alpha value is -2.41. The van der Waals surface area contributed by atoms with E-state index in [2.05, 4.69) is 15.9 Å². The van der Waals surface area contributed by atoms with Gasteiger partial charge in [0.1, 0.15) is 12.4 Å². The molecule has 0 fully saturated rings. The van der Waals surface area contributed by atoms with Crippen LogP contribution in [0.5, 0.6) is 11.5 Å². The number of benzene rings is 2. The minimum atomic E-state index is -0.978. The molecular formula is C15H11BrFNO4. The molecule has 22 heavy (non-hydrogen) atoms. The molecule has 2 aromatic rings. The van der Waals surface area contributed by atoms with Crippen molar-refractivity contribution in [2.75, 3.05) is 0 Å². The second-order valence-electron chi connectivity index (χ2n) is 4.21. The van der Waals surface area contributed by atoms with Crippen molar-refractivity contribution in [3.8, 4) is 11.5 Å². The third-order valence-corrected chi connectivity index (χ3v) is 3.46. The fourth-order valence-electron chi connectivity index (χ4n) is 1.75. The van der Waals surface area contributed by atoms with Gasteiger partial charge < -0.3 is 15.2 Å². The highest BCUT2D eigenvalue weighted by Gasteiger charge is 2.13. The molecule has 2 N–H and O–H groups in total. The number of aldehydes is 1. The predicted octanol–water partition coefficient (Wildman–Crippen LogP) is 3.44. The maximum atomic E-state index is 14.1. The Bertz CT molecular complexity index is 721. The van der Waals surface area contributed by atoms with Gasteiger partial charge in [0.15, 0.2) is 17.8 Å². The van der Waals surface area contributed by atoms with E-state index in [9.17, 15) is 14.0 Å². The standard InChI is InChI=1S/C15H11BrFNO4/c16-11-6-5-9(14(17)10(11)7-19)8-21-12-3-1-2-4-13(12)22-15(18)20/h1-7H,8H2,(H2,18,20). The molecule has 0 aliphatic heterocycles. The van der Waals surface area contributed by atoms with Crippen LogP contribution in [0.25, 0.3) is 0 Å². The van der Waals surface area contributed by atoms with Crippen molar-refractivity contribution in [3.63, 3.8) is 0 Å². The first kappa shape index (κ1) is 16.0. The van der Waals surface area contributed by atoms with Gasteiger partial charge in [0.2, 0.25) is 0 Å². The van der Waals surface area contributed by atoms with E-state index >= 15 is 0 Å². The van der Waals surface area contributed by atoms with Crippen LogP contribution < -0.4 is 15.2 Å². The van der Waals surface area contributed by atoms with Crippen molar-refractivity contribution in [1.82, 2.24) is 0 Å². The molecule has 5 nitrogen and oxygen atoms in total. The molecule has 0 heterocycles. The smallest absolute Gasteiger partial charge is 0.410 e. The van der Waals surface area contributed by atoms with Crippen LogP contribution in [0, 0.1) is 5.82 Å². The van der Waals surface area contributed by atoms with Crippen LogP contribution in [0.15, 0.2) is 40.9 Å². The first-order chi connectivity index (χ1) is 10.5. The van der Waals surface area contributed by atoms with Crippen molar-refractivity contribution < 1.29 is 23.5 Å². The summed E-state index contributed by atoms with van der Waals surface area (Å²) in [5, 5.41) is 0. The van der Waals surface area contributed by atoms with Crippen molar-refractivity contribution in [2.24, 2.45) is 5.73 Å². The van der Waals surface area contributed by atoms with Gasteiger partial charge in [0.05, 0.1) is 5.56 Å². The highest BCUT2D eigenvalue weighted by Crippen LogP contribution is 2.28. The van der Waals surface area contributed by atoms with Crippen LogP contribution in [0.3, 0.4) is 0 Å². The summed E-state index contributed by atoms with van der Waals surface area (Å²) in [4.78, 5) is 21.7. The number of nitrogens with two attached hydrogens (primary N) is 1. The lowest BCUT2D eigenvalue weighted by atomic mass is 10.1. The van der Waals surface area contributed by atoms with E-state index in [-0.39, 0.29) is 29.2 Å². The molecule has 7 heteroatoms. The number of ether oxygens (including phenoxy) is 2. The molecule has 2 rings (SSSR count). The van der Waals surface area contributed by atoms with Crippen LogP contribution in [0.2, 0.25) is 0 Å². The summed E-state index contributed by atoms with van der Waals surface area (Å²) in [5.41, 5.74) is 5.07. The molecule has 0 spiro atoms. The van der Waals surface area contributed by atoms with E-state index in [1.165, 1.54) is 12.1 Å². The largest absolute Gasteiger partial charge is 0.485 e. The number of hydrogen-bond donors (Lipinski definition) is 1. The van der Waals surface area contributed by atoms with E-state index in [1.54, 1.807) is 24.3 Å². The average molecular weight is 368 g/mol. The zero-order chi connectivity index (χ0) is 16.1. The molecule has 0 aliphatic carbocycles. The van der Waals surface area contributed by atoms with Gasteiger partial charge in [-0.2, -0.15) is 0 Å². The molecule has 0 saturated heterocycles. The Morgan fingerprint density at radius 3 is 2.55 bits per heavy atom. The number of hydrogen-bond acceptors (Lipinski definition) is 4. The fraction of sp³-hybridized carbons (Fsp3) is 0.0667. The Balaban J connectivity index is 2.21. The predicted molar refractivity (Wildman–Crippen MR) is 80.5 cm³/mol. The summed E-state index contributed by atoms with van der Waals surface area (Å²) in [7, 11) is 0. The second-order valence-corrected chi connectivity index (χ2v) is 5.06. The third-order valence-electron chi connectivity index (χ3n) is 2.77. The van der Waals surface area contributed by atoms with Gasteiger partial charge in [0, 0.05) is 10.0 Å². The van der Waals surface area contributed by atoms with Crippen LogP contribution in [0.4, 0.5) is 9.18 Å². The summed E-state index contributed by atoms with van der Waals surface area (Å²) < 4.78 is 24.7. The van der Waals surface area contributed by atoms with Crippen molar-refractivity contribution in [1.29, 1.82) is 0 Å². The lowest BCUT2D eigenvalue weighted by Gasteiger charge is -2.12. The number of amides is 1. The Morgan fingerprint density at radius 2 is 1.91 bits per heavy atom. The SMILES string of the molecule is NC(=O)Oc1ccccc1OCc1ccc(Br)c(C=O)c1F. The van der Waals surface area contributed by atoms with Gasteiger partial charge in [-0.3, -0.25) is 4.79 Å². The quantitative estimate of drug-likeness (QED) is 0.821. The number of halogens is 2. The van der Waals surface area contributed by atoms with Crippen LogP contribution in [-0.2, 0) is 6.61 Å². The zero-order valence-corrected chi connectivity index (χ0v) is 12.8. The Labute approximate surface area is 134 Å². The monoisotopic (exact) mass is 367 g/mol. The normalized spacial score (nSPS) is 10.1. The number of carbonyl (C=O) groups is 2. The first-order valence-corrected chi connectivity index (χ1v) is 6.93. The Kier molecular flexibility index (Phi) is 5.11. The van der Waals surface area contributed by atoms with Crippen LogP contribution in [0.1, 0.15) is 15.9 Å². The summed E-state index contributed by atoms with van der Waals surface area (Å²) in [6.45, 7) is -0.140. The lowest BCUT2D eigenvalue weighted by Crippen LogP contribution is -2.16. The third kappa shape index (κ3) is 3.62. The van der Waals surface area contributed by atoms with Gasteiger partial charge in [-0.05, 0) is 34.1 Å². The molecule has 0 atom stereocenters. The molecule has 0 saturated carbocycles. The van der Waals surface area contributed by atoms with E-state index in [0.29, 0.717) is 10.8 Å². The number of rotatable bonds is 5. The molecule has 0 unspecified atom stereocenters. The summed E-state index contributed by atoms with van der Waals surface area (Å²) in [6.07, 6.45) is -0.554. The van der Waals surface area contributed by atoms with Crippen molar-refractivity contribution in [3.05, 3.63) is 57.8 Å². The second kappa shape index (κ2) is 7.04. The molecule has 0 radical (unpaired) electrons. The van der Waals surface area contributed by atoms with E-state index in [1.807, 2.05) is 0 Å². The first-order valence-electron chi connectivity index (χ1n) is 6.14. The lowest BCUT2D eigenvalue weighted by molar-refractivity contribution is 0.111. The molecular weight excluding hydrogens is 357 g/mol. The zero-order valence-electron chi connectivity index (χ0n) is 11.2.